The molecule has 0 bridgehead atoms. The number of benzene rings is 3. The van der Waals surface area contributed by atoms with Crippen molar-refractivity contribution in [2.75, 3.05) is 60.8 Å². The van der Waals surface area contributed by atoms with E-state index < -0.39 is 12.2 Å². The first-order valence-electron chi connectivity index (χ1n) is 21.3. The molecule has 3 aromatic rings. The number of aliphatic hydroxyl groups excluding tert-OH is 2. The van der Waals surface area contributed by atoms with Crippen LogP contribution in [0.5, 0.6) is 0 Å². The van der Waals surface area contributed by atoms with E-state index in [-0.39, 0.29) is 59.4 Å². The molecule has 12 heteroatoms. The predicted octanol–water partition coefficient (Wildman–Crippen LogP) is 6.19. The third-order valence-corrected chi connectivity index (χ3v) is 12.1. The van der Waals surface area contributed by atoms with Crippen LogP contribution in [0, 0.1) is 17.8 Å². The van der Waals surface area contributed by atoms with Crippen LogP contribution < -0.4 is 0 Å². The van der Waals surface area contributed by atoms with Gasteiger partial charge in [0.05, 0.1) is 36.9 Å². The molecule has 60 heavy (non-hydrogen) atoms. The molecule has 0 saturated carbocycles. The van der Waals surface area contributed by atoms with Gasteiger partial charge >= 0.3 is 0 Å². The molecule has 0 spiro atoms. The van der Waals surface area contributed by atoms with Crippen LogP contribution in [0.2, 0.25) is 0 Å². The second-order valence-corrected chi connectivity index (χ2v) is 16.1. The van der Waals surface area contributed by atoms with Crippen LogP contribution in [0.15, 0.2) is 91.0 Å². The fraction of sp³-hybridized carbons (Fsp3) is 0.542. The van der Waals surface area contributed by atoms with Crippen molar-refractivity contribution in [2.24, 2.45) is 17.8 Å². The highest BCUT2D eigenvalue weighted by molar-refractivity contribution is 5.90. The van der Waals surface area contributed by atoms with Crippen molar-refractivity contribution in [1.82, 2.24) is 14.7 Å². The van der Waals surface area contributed by atoms with Crippen molar-refractivity contribution in [1.29, 1.82) is 0 Å². The third-order valence-electron chi connectivity index (χ3n) is 12.1. The molecule has 3 saturated heterocycles. The van der Waals surface area contributed by atoms with Gasteiger partial charge < -0.3 is 39.1 Å². The number of ether oxygens (including phenoxy) is 3. The number of rotatable bonds is 18. The van der Waals surface area contributed by atoms with Gasteiger partial charge in [-0.3, -0.25) is 19.2 Å². The molecule has 0 aliphatic carbocycles. The van der Waals surface area contributed by atoms with Gasteiger partial charge in [-0.25, -0.2) is 0 Å². The van der Waals surface area contributed by atoms with Crippen LogP contribution in [0.1, 0.15) is 94.1 Å². The first-order chi connectivity index (χ1) is 28.9. The van der Waals surface area contributed by atoms with Crippen molar-refractivity contribution in [3.8, 4) is 0 Å². The molecular weight excluding hydrogens is 763 g/mol. The number of ketones is 1. The molecule has 0 aromatic heterocycles. The summed E-state index contributed by atoms with van der Waals surface area (Å²) in [5.41, 5.74) is 3.37. The number of carbonyl (C=O) groups excluding carboxylic acids is 4. The van der Waals surface area contributed by atoms with Crippen molar-refractivity contribution in [3.63, 3.8) is 0 Å². The quantitative estimate of drug-likeness (QED) is 0.153. The molecule has 328 valence electrons. The van der Waals surface area contributed by atoms with Crippen molar-refractivity contribution in [2.45, 2.75) is 89.6 Å². The lowest BCUT2D eigenvalue weighted by Gasteiger charge is -2.26. The van der Waals surface area contributed by atoms with Crippen LogP contribution in [0.4, 0.5) is 0 Å². The Kier molecular flexibility index (Phi) is 19.9. The zero-order valence-electron chi connectivity index (χ0n) is 36.4. The largest absolute Gasteiger partial charge is 0.393 e. The van der Waals surface area contributed by atoms with E-state index in [0.29, 0.717) is 78.0 Å². The van der Waals surface area contributed by atoms with Gasteiger partial charge in [0.1, 0.15) is 5.78 Å². The maximum absolute atomic E-state index is 12.2. The maximum atomic E-state index is 12.2. The van der Waals surface area contributed by atoms with Gasteiger partial charge in [0, 0.05) is 97.6 Å². The number of carbonyl (C=O) groups is 4. The summed E-state index contributed by atoms with van der Waals surface area (Å²) in [5, 5.41) is 20.2. The summed E-state index contributed by atoms with van der Waals surface area (Å²) in [6.45, 7) is 9.35. The zero-order valence-corrected chi connectivity index (χ0v) is 36.4. The SMILES string of the molecule is COCCC(=O)[C@@H]1CC(=O)N([C@H](C)c2ccccc2)C1.COCCC(O)[C@@H]1CC(=O)N([C@H](C)c2ccccc2)C1.COCC[C@@H](O)[C@@H]1CC(=O)N([C@H](C)c2ccccc2)C1. The maximum Gasteiger partial charge on any atom is 0.223 e. The lowest BCUT2D eigenvalue weighted by Crippen LogP contribution is -2.30. The molecule has 3 amide bonds. The average Bonchev–Trinajstić information content (AvgIpc) is 4.00. The lowest BCUT2D eigenvalue weighted by atomic mass is 9.99. The van der Waals surface area contributed by atoms with E-state index in [1.54, 1.807) is 21.3 Å². The summed E-state index contributed by atoms with van der Waals surface area (Å²) in [4.78, 5) is 54.0. The molecule has 0 radical (unpaired) electrons. The number of hydrogen-bond donors (Lipinski definition) is 2. The summed E-state index contributed by atoms with van der Waals surface area (Å²) in [5.74, 6) is 0.308. The highest BCUT2D eigenvalue weighted by Gasteiger charge is 2.38. The Hall–Kier alpha value is -4.46. The number of nitrogens with zero attached hydrogens (tertiary/aromatic N) is 3. The van der Waals surface area contributed by atoms with Crippen molar-refractivity contribution >= 4 is 23.5 Å². The van der Waals surface area contributed by atoms with E-state index in [4.69, 9.17) is 14.2 Å². The first-order valence-corrected chi connectivity index (χ1v) is 21.3. The summed E-state index contributed by atoms with van der Waals surface area (Å²) in [6, 6.07) is 30.1. The molecular formula is C48H67N3O9. The number of aliphatic hydroxyl groups is 2. The summed E-state index contributed by atoms with van der Waals surface area (Å²) < 4.78 is 14.9. The monoisotopic (exact) mass is 829 g/mol. The third kappa shape index (κ3) is 13.8. The van der Waals surface area contributed by atoms with Crippen LogP contribution >= 0.6 is 0 Å². The fourth-order valence-electron chi connectivity index (χ4n) is 8.20. The fourth-order valence-corrected chi connectivity index (χ4v) is 8.20. The number of likely N-dealkylation sites (tertiary alicyclic amines) is 3. The van der Waals surface area contributed by atoms with E-state index in [9.17, 15) is 29.4 Å². The predicted molar refractivity (Wildman–Crippen MR) is 231 cm³/mol. The topological polar surface area (TPSA) is 146 Å². The van der Waals surface area contributed by atoms with Gasteiger partial charge in [-0.2, -0.15) is 0 Å². The molecule has 3 aliphatic rings. The van der Waals surface area contributed by atoms with E-state index in [2.05, 4.69) is 0 Å². The Bertz CT molecular complexity index is 1660. The Morgan fingerprint density at radius 1 is 0.550 bits per heavy atom. The van der Waals surface area contributed by atoms with E-state index in [1.165, 1.54) is 0 Å². The van der Waals surface area contributed by atoms with Crippen LogP contribution in [0.3, 0.4) is 0 Å². The van der Waals surface area contributed by atoms with E-state index in [0.717, 1.165) is 16.7 Å². The number of Topliss-reactive ketones (excluding diaryl/α,β-unsaturated/α-hetero) is 1. The Labute approximate surface area is 356 Å². The molecule has 3 heterocycles. The summed E-state index contributed by atoms with van der Waals surface area (Å²) in [7, 11) is 4.82. The molecule has 2 N–H and O–H groups in total. The Morgan fingerprint density at radius 2 is 0.883 bits per heavy atom. The van der Waals surface area contributed by atoms with Crippen molar-refractivity contribution < 1.29 is 43.6 Å². The Balaban J connectivity index is 0.000000198. The van der Waals surface area contributed by atoms with Gasteiger partial charge in [0.25, 0.3) is 0 Å². The molecule has 8 atom stereocenters. The minimum atomic E-state index is -0.466. The first kappa shape index (κ1) is 48.2. The summed E-state index contributed by atoms with van der Waals surface area (Å²) in [6.07, 6.45) is 1.83. The highest BCUT2D eigenvalue weighted by atomic mass is 16.5. The highest BCUT2D eigenvalue weighted by Crippen LogP contribution is 2.33. The number of hydrogen-bond acceptors (Lipinski definition) is 9. The molecule has 3 aliphatic heterocycles. The van der Waals surface area contributed by atoms with E-state index in [1.807, 2.05) is 126 Å². The van der Waals surface area contributed by atoms with Crippen LogP contribution in [-0.4, -0.2) is 121 Å². The van der Waals surface area contributed by atoms with Gasteiger partial charge in [-0.1, -0.05) is 91.0 Å². The lowest BCUT2D eigenvalue weighted by molar-refractivity contribution is -0.130. The van der Waals surface area contributed by atoms with E-state index >= 15 is 0 Å². The van der Waals surface area contributed by atoms with Gasteiger partial charge in [0.2, 0.25) is 17.7 Å². The average molecular weight is 830 g/mol. The molecule has 3 aromatic carbocycles. The normalized spacial score (nSPS) is 21.4. The van der Waals surface area contributed by atoms with Gasteiger partial charge in [0.15, 0.2) is 0 Å². The van der Waals surface area contributed by atoms with Gasteiger partial charge in [-0.05, 0) is 50.3 Å². The Morgan fingerprint density at radius 3 is 1.23 bits per heavy atom. The minimum Gasteiger partial charge on any atom is -0.393 e. The second-order valence-electron chi connectivity index (χ2n) is 16.1. The van der Waals surface area contributed by atoms with Crippen molar-refractivity contribution in [3.05, 3.63) is 108 Å². The van der Waals surface area contributed by atoms with Crippen LogP contribution in [0.25, 0.3) is 0 Å². The number of amides is 3. The molecule has 1 unspecified atom stereocenters. The standard InChI is InChI=1S/2C16H23NO3.C16H21NO3/c3*1-12(13-6-4-3-5-7-13)17-11-14(10-16(17)19)15(18)8-9-20-2/h2*3-7,12,14-15,18H,8-11H2,1-2H3;3-7,12,14H,8-11H2,1-2H3/t12-,14-,15?;12-,14-,15-;12-,14-/m111/s1. The summed E-state index contributed by atoms with van der Waals surface area (Å²) >= 11 is 0. The molecule has 3 fully saturated rings. The van der Waals surface area contributed by atoms with Crippen LogP contribution in [-0.2, 0) is 33.4 Å². The molecule has 6 rings (SSSR count). The zero-order chi connectivity index (χ0) is 43.6. The minimum absolute atomic E-state index is 0.0174. The molecule has 12 nitrogen and oxygen atoms in total. The second kappa shape index (κ2) is 24.7. The number of methoxy groups -OCH3 is 3. The van der Waals surface area contributed by atoms with Gasteiger partial charge in [-0.15, -0.1) is 0 Å². The smallest absolute Gasteiger partial charge is 0.223 e.